The molecule has 0 aliphatic rings. The van der Waals surface area contributed by atoms with Gasteiger partial charge in [-0.05, 0) is 24.6 Å². The number of unbranched alkanes of at least 4 members (excludes halogenated alkanes) is 1. The Labute approximate surface area is 147 Å². The molecule has 0 spiro atoms. The lowest BCUT2D eigenvalue weighted by Crippen LogP contribution is -2.17. The second kappa shape index (κ2) is 8.24. The van der Waals surface area contributed by atoms with E-state index in [4.69, 9.17) is 5.84 Å². The van der Waals surface area contributed by atoms with Crippen LogP contribution in [0.4, 0.5) is 18.9 Å². The number of thioether (sulfide) groups is 1. The highest BCUT2D eigenvalue weighted by atomic mass is 32.2. The smallest absolute Gasteiger partial charge is 0.336 e. The Bertz CT molecular complexity index is 732. The fourth-order valence-electron chi connectivity index (χ4n) is 2.01. The average molecular weight is 373 g/mol. The first-order valence-electron chi connectivity index (χ1n) is 7.60. The van der Waals surface area contributed by atoms with Gasteiger partial charge in [-0.3, -0.25) is 4.79 Å². The number of alkyl halides is 3. The minimum absolute atomic E-state index is 0.0423. The van der Waals surface area contributed by atoms with Crippen LogP contribution in [0.5, 0.6) is 0 Å². The lowest BCUT2D eigenvalue weighted by Gasteiger charge is -2.09. The predicted molar refractivity (Wildman–Crippen MR) is 89.6 cm³/mol. The number of amides is 1. The second-order valence-corrected chi connectivity index (χ2v) is 6.23. The summed E-state index contributed by atoms with van der Waals surface area (Å²) in [7, 11) is 0. The number of carbonyl (C=O) groups is 1. The van der Waals surface area contributed by atoms with Crippen LogP contribution in [-0.4, -0.2) is 26.5 Å². The van der Waals surface area contributed by atoms with Gasteiger partial charge >= 0.3 is 6.18 Å². The van der Waals surface area contributed by atoms with Crippen LogP contribution in [0, 0.1) is 0 Å². The molecule has 1 aromatic heterocycles. The molecule has 136 valence electrons. The van der Waals surface area contributed by atoms with Crippen molar-refractivity contribution in [1.29, 1.82) is 0 Å². The molecule has 0 atom stereocenters. The molecule has 25 heavy (non-hydrogen) atoms. The van der Waals surface area contributed by atoms with Crippen molar-refractivity contribution in [2.24, 2.45) is 0 Å². The van der Waals surface area contributed by atoms with Gasteiger partial charge in [0.2, 0.25) is 11.1 Å². The summed E-state index contributed by atoms with van der Waals surface area (Å²) in [6.07, 6.45) is -1.85. The minimum Gasteiger partial charge on any atom is -0.336 e. The number of rotatable bonds is 7. The van der Waals surface area contributed by atoms with Gasteiger partial charge < -0.3 is 11.2 Å². The van der Waals surface area contributed by atoms with Gasteiger partial charge in [0, 0.05) is 12.1 Å². The van der Waals surface area contributed by atoms with Crippen LogP contribution in [0.15, 0.2) is 29.4 Å². The number of hydrogen-bond acceptors (Lipinski definition) is 5. The summed E-state index contributed by atoms with van der Waals surface area (Å²) in [5.41, 5.74) is -0.738. The van der Waals surface area contributed by atoms with Crippen LogP contribution in [-0.2, 0) is 17.4 Å². The maximum Gasteiger partial charge on any atom is 0.416 e. The molecule has 2 rings (SSSR count). The molecule has 0 aliphatic heterocycles. The third-order valence-electron chi connectivity index (χ3n) is 3.30. The molecule has 0 unspecified atom stereocenters. The zero-order chi connectivity index (χ0) is 18.4. The number of halogens is 3. The Kier molecular flexibility index (Phi) is 6.29. The van der Waals surface area contributed by atoms with Crippen molar-refractivity contribution in [3.8, 4) is 0 Å². The first-order valence-corrected chi connectivity index (χ1v) is 8.59. The molecule has 1 amide bonds. The molecular weight excluding hydrogens is 355 g/mol. The highest BCUT2D eigenvalue weighted by molar-refractivity contribution is 7.99. The molecule has 0 fully saturated rings. The number of aryl methyl sites for hydroxylation is 1. The molecule has 0 bridgehead atoms. The predicted octanol–water partition coefficient (Wildman–Crippen LogP) is 3.08. The van der Waals surface area contributed by atoms with E-state index in [1.54, 1.807) is 0 Å². The molecule has 10 heteroatoms. The van der Waals surface area contributed by atoms with E-state index in [9.17, 15) is 18.0 Å². The molecule has 1 aromatic carbocycles. The molecule has 0 radical (unpaired) electrons. The third-order valence-corrected chi connectivity index (χ3v) is 4.24. The maximum absolute atomic E-state index is 12.7. The SMILES string of the molecule is CCCCc1nnc(SCC(=O)Nc2cccc(C(F)(F)F)c2)n1N. The van der Waals surface area contributed by atoms with Gasteiger partial charge in [-0.2, -0.15) is 13.2 Å². The summed E-state index contributed by atoms with van der Waals surface area (Å²) in [6, 6.07) is 4.46. The number of nitrogen functional groups attached to an aromatic ring is 1. The molecule has 0 saturated heterocycles. The van der Waals surface area contributed by atoms with Crippen molar-refractivity contribution < 1.29 is 18.0 Å². The topological polar surface area (TPSA) is 85.8 Å². The van der Waals surface area contributed by atoms with E-state index in [-0.39, 0.29) is 11.4 Å². The van der Waals surface area contributed by atoms with Gasteiger partial charge in [0.25, 0.3) is 0 Å². The summed E-state index contributed by atoms with van der Waals surface area (Å²) in [5, 5.41) is 10.7. The fraction of sp³-hybridized carbons (Fsp3) is 0.400. The molecule has 2 aromatic rings. The van der Waals surface area contributed by atoms with E-state index in [0.717, 1.165) is 36.7 Å². The number of benzene rings is 1. The van der Waals surface area contributed by atoms with E-state index < -0.39 is 17.6 Å². The van der Waals surface area contributed by atoms with Crippen LogP contribution < -0.4 is 11.2 Å². The standard InChI is InChI=1S/C15H18F3N5OS/c1-2-3-7-12-21-22-14(23(12)19)25-9-13(24)20-11-6-4-5-10(8-11)15(16,17)18/h4-6,8H,2-3,7,9,19H2,1H3,(H,20,24). The molecule has 3 N–H and O–H groups in total. The van der Waals surface area contributed by atoms with Crippen molar-refractivity contribution in [3.05, 3.63) is 35.7 Å². The lowest BCUT2D eigenvalue weighted by atomic mass is 10.2. The van der Waals surface area contributed by atoms with E-state index in [1.807, 2.05) is 6.92 Å². The van der Waals surface area contributed by atoms with Crippen molar-refractivity contribution in [1.82, 2.24) is 14.9 Å². The molecule has 6 nitrogen and oxygen atoms in total. The molecule has 0 aliphatic carbocycles. The molecule has 1 heterocycles. The number of nitrogens with one attached hydrogen (secondary N) is 1. The summed E-state index contributed by atoms with van der Waals surface area (Å²) >= 11 is 1.07. The van der Waals surface area contributed by atoms with Crippen molar-refractivity contribution >= 4 is 23.4 Å². The number of aromatic nitrogens is 3. The van der Waals surface area contributed by atoms with Crippen LogP contribution in [0.1, 0.15) is 31.2 Å². The van der Waals surface area contributed by atoms with Crippen molar-refractivity contribution in [3.63, 3.8) is 0 Å². The lowest BCUT2D eigenvalue weighted by molar-refractivity contribution is -0.137. The van der Waals surface area contributed by atoms with E-state index in [2.05, 4.69) is 15.5 Å². The van der Waals surface area contributed by atoms with Crippen LogP contribution in [0.3, 0.4) is 0 Å². The summed E-state index contributed by atoms with van der Waals surface area (Å²) in [4.78, 5) is 11.9. The van der Waals surface area contributed by atoms with E-state index >= 15 is 0 Å². The maximum atomic E-state index is 12.7. The van der Waals surface area contributed by atoms with Gasteiger partial charge in [0.05, 0.1) is 11.3 Å². The second-order valence-electron chi connectivity index (χ2n) is 5.29. The highest BCUT2D eigenvalue weighted by Gasteiger charge is 2.30. The normalized spacial score (nSPS) is 11.5. The number of nitrogens with two attached hydrogens (primary N) is 1. The first kappa shape index (κ1) is 19.1. The largest absolute Gasteiger partial charge is 0.416 e. The Morgan fingerprint density at radius 2 is 2.12 bits per heavy atom. The van der Waals surface area contributed by atoms with Gasteiger partial charge in [-0.1, -0.05) is 31.2 Å². The Morgan fingerprint density at radius 1 is 1.36 bits per heavy atom. The molecule has 0 saturated carbocycles. The van der Waals surface area contributed by atoms with Crippen molar-refractivity contribution in [2.45, 2.75) is 37.5 Å². The number of nitrogens with zero attached hydrogens (tertiary/aromatic N) is 3. The number of carbonyl (C=O) groups excluding carboxylic acids is 1. The monoisotopic (exact) mass is 373 g/mol. The van der Waals surface area contributed by atoms with Gasteiger partial charge in [0.15, 0.2) is 5.82 Å². The third kappa shape index (κ3) is 5.38. The average Bonchev–Trinajstić information content (AvgIpc) is 2.90. The van der Waals surface area contributed by atoms with Gasteiger partial charge in [0.1, 0.15) is 0 Å². The van der Waals surface area contributed by atoms with E-state index in [1.165, 1.54) is 16.8 Å². The Hall–Kier alpha value is -2.23. The van der Waals surface area contributed by atoms with Gasteiger partial charge in [-0.15, -0.1) is 10.2 Å². The fourth-order valence-corrected chi connectivity index (χ4v) is 2.69. The van der Waals surface area contributed by atoms with Crippen LogP contribution in [0.2, 0.25) is 0 Å². The number of hydrogen-bond donors (Lipinski definition) is 2. The molecular formula is C15H18F3N5OS. The zero-order valence-corrected chi connectivity index (χ0v) is 14.3. The first-order chi connectivity index (χ1) is 11.8. The van der Waals surface area contributed by atoms with Crippen molar-refractivity contribution in [2.75, 3.05) is 16.9 Å². The quantitative estimate of drug-likeness (QED) is 0.575. The Balaban J connectivity index is 1.92. The summed E-state index contributed by atoms with van der Waals surface area (Å²) < 4.78 is 39.3. The number of anilines is 1. The van der Waals surface area contributed by atoms with Gasteiger partial charge in [-0.25, -0.2) is 4.68 Å². The van der Waals surface area contributed by atoms with Crippen LogP contribution >= 0.6 is 11.8 Å². The Morgan fingerprint density at radius 3 is 2.80 bits per heavy atom. The highest BCUT2D eigenvalue weighted by Crippen LogP contribution is 2.30. The summed E-state index contributed by atoms with van der Waals surface area (Å²) in [5.74, 6) is 5.99. The summed E-state index contributed by atoms with van der Waals surface area (Å²) in [6.45, 7) is 2.05. The van der Waals surface area contributed by atoms with Crippen LogP contribution in [0.25, 0.3) is 0 Å². The van der Waals surface area contributed by atoms with E-state index in [0.29, 0.717) is 17.4 Å². The zero-order valence-electron chi connectivity index (χ0n) is 13.5. The minimum atomic E-state index is -4.46.